The predicted molar refractivity (Wildman–Crippen MR) is 155 cm³/mol. The maximum absolute atomic E-state index is 13.7. The molecule has 2 aliphatic heterocycles. The number of amides is 2. The summed E-state index contributed by atoms with van der Waals surface area (Å²) in [4.78, 5) is 39.8. The molecule has 2 N–H and O–H groups in total. The van der Waals surface area contributed by atoms with Gasteiger partial charge in [0.05, 0.1) is 39.1 Å². The largest absolute Gasteiger partial charge is 0.493 e. The van der Waals surface area contributed by atoms with Gasteiger partial charge in [0.25, 0.3) is 5.91 Å². The molecule has 0 saturated carbocycles. The molecule has 2 aliphatic rings. The van der Waals surface area contributed by atoms with Gasteiger partial charge < -0.3 is 34.1 Å². The summed E-state index contributed by atoms with van der Waals surface area (Å²) in [5, 5.41) is 0.475. The third-order valence-electron chi connectivity index (χ3n) is 8.03. The van der Waals surface area contributed by atoms with Gasteiger partial charge in [-0.15, -0.1) is 0 Å². The van der Waals surface area contributed by atoms with E-state index in [0.717, 1.165) is 0 Å². The molecule has 1 saturated heterocycles. The molecule has 3 aromatic rings. The van der Waals surface area contributed by atoms with Gasteiger partial charge in [-0.3, -0.25) is 14.4 Å². The standard InChI is InChI=1S/C31H34ClN3O7/c1-39-25-6-4-5-20(30(25)41-3)29-21-16-19(32)7-8-22(21)35-23(9-10-24(35)31(33)38)26(42-29)17-27(36)34-13-11-18(12-14-34)15-28(37)40-2/h4-10,16,18,26,29H,11-15,17H2,1-3H3,(H2,33,38)/t26-,29-/m1/s1. The van der Waals surface area contributed by atoms with E-state index in [9.17, 15) is 14.4 Å². The van der Waals surface area contributed by atoms with Crippen LogP contribution in [0.2, 0.25) is 5.02 Å². The Morgan fingerprint density at radius 1 is 0.976 bits per heavy atom. The van der Waals surface area contributed by atoms with E-state index in [1.807, 2.05) is 18.2 Å². The highest BCUT2D eigenvalue weighted by molar-refractivity contribution is 6.30. The van der Waals surface area contributed by atoms with Crippen LogP contribution in [0.25, 0.3) is 5.69 Å². The minimum absolute atomic E-state index is 0.0222. The number of hydrogen-bond acceptors (Lipinski definition) is 7. The molecule has 0 radical (unpaired) electrons. The number of carbonyl (C=O) groups excluding carboxylic acids is 3. The molecular weight excluding hydrogens is 562 g/mol. The first-order valence-electron chi connectivity index (χ1n) is 13.8. The van der Waals surface area contributed by atoms with Crippen molar-refractivity contribution in [3.63, 3.8) is 0 Å². The number of halogens is 1. The Bertz CT molecular complexity index is 1500. The van der Waals surface area contributed by atoms with Gasteiger partial charge in [-0.2, -0.15) is 0 Å². The number of carbonyl (C=O) groups is 3. The smallest absolute Gasteiger partial charge is 0.305 e. The van der Waals surface area contributed by atoms with Crippen LogP contribution >= 0.6 is 11.6 Å². The number of nitrogens with two attached hydrogens (primary N) is 1. The van der Waals surface area contributed by atoms with E-state index in [4.69, 9.17) is 36.3 Å². The van der Waals surface area contributed by atoms with Crippen molar-refractivity contribution < 1.29 is 33.3 Å². The Kier molecular flexibility index (Phi) is 8.74. The van der Waals surface area contributed by atoms with Gasteiger partial charge in [0.15, 0.2) is 11.5 Å². The number of methoxy groups -OCH3 is 3. The van der Waals surface area contributed by atoms with Gasteiger partial charge in [0.2, 0.25) is 5.91 Å². The minimum Gasteiger partial charge on any atom is -0.493 e. The first-order valence-corrected chi connectivity index (χ1v) is 14.2. The van der Waals surface area contributed by atoms with E-state index in [2.05, 4.69) is 0 Å². The molecular formula is C31H34ClN3O7. The van der Waals surface area contributed by atoms with Crippen molar-refractivity contribution in [2.45, 2.75) is 37.9 Å². The number of aromatic nitrogens is 1. The predicted octanol–water partition coefficient (Wildman–Crippen LogP) is 4.60. The summed E-state index contributed by atoms with van der Waals surface area (Å²) in [5.74, 6) is 0.232. The molecule has 0 aliphatic carbocycles. The van der Waals surface area contributed by atoms with Crippen molar-refractivity contribution in [2.75, 3.05) is 34.4 Å². The maximum atomic E-state index is 13.7. The van der Waals surface area contributed by atoms with E-state index in [0.29, 0.717) is 71.4 Å². The molecule has 0 spiro atoms. The first-order chi connectivity index (χ1) is 20.2. The second kappa shape index (κ2) is 12.5. The van der Waals surface area contributed by atoms with Crippen LogP contribution in [0.15, 0.2) is 48.5 Å². The normalized spacial score (nSPS) is 18.4. The number of primary amides is 1. The fourth-order valence-corrected chi connectivity index (χ4v) is 6.10. The lowest BCUT2D eigenvalue weighted by atomic mass is 9.93. The van der Waals surface area contributed by atoms with E-state index < -0.39 is 18.1 Å². The molecule has 0 unspecified atom stereocenters. The van der Waals surface area contributed by atoms with E-state index in [1.54, 1.807) is 54.0 Å². The number of ether oxygens (including phenoxy) is 4. The second-order valence-electron chi connectivity index (χ2n) is 10.4. The summed E-state index contributed by atoms with van der Waals surface area (Å²) in [6, 6.07) is 14.2. The van der Waals surface area contributed by atoms with E-state index in [-0.39, 0.29) is 29.9 Å². The lowest BCUT2D eigenvalue weighted by Gasteiger charge is -2.33. The Morgan fingerprint density at radius 2 is 1.74 bits per heavy atom. The van der Waals surface area contributed by atoms with Crippen molar-refractivity contribution in [3.05, 3.63) is 76.1 Å². The molecule has 10 nitrogen and oxygen atoms in total. The van der Waals surface area contributed by atoms with Crippen LogP contribution in [0.4, 0.5) is 0 Å². The average molecular weight is 596 g/mol. The number of rotatable bonds is 8. The van der Waals surface area contributed by atoms with Crippen LogP contribution < -0.4 is 15.2 Å². The van der Waals surface area contributed by atoms with Gasteiger partial charge in [-0.25, -0.2) is 0 Å². The van der Waals surface area contributed by atoms with Gasteiger partial charge in [-0.05, 0) is 55.2 Å². The minimum atomic E-state index is -0.745. The van der Waals surface area contributed by atoms with Crippen LogP contribution in [-0.4, -0.2) is 61.7 Å². The van der Waals surface area contributed by atoms with Crippen LogP contribution in [-0.2, 0) is 19.1 Å². The summed E-state index contributed by atoms with van der Waals surface area (Å²) >= 11 is 6.49. The molecule has 222 valence electrons. The number of hydrogen-bond donors (Lipinski definition) is 1. The topological polar surface area (TPSA) is 122 Å². The molecule has 2 aromatic carbocycles. The SMILES string of the molecule is COC(=O)CC1CCN(C(=O)C[C@H]2O[C@H](c3cccc(OC)c3OC)c3cc(Cl)ccc3-n3c(C(N)=O)ccc32)CC1. The molecule has 1 aromatic heterocycles. The number of nitrogens with zero attached hydrogens (tertiary/aromatic N) is 2. The van der Waals surface area contributed by atoms with Crippen molar-refractivity contribution in [2.24, 2.45) is 11.7 Å². The van der Waals surface area contributed by atoms with Crippen molar-refractivity contribution in [1.82, 2.24) is 9.47 Å². The van der Waals surface area contributed by atoms with Crippen molar-refractivity contribution in [1.29, 1.82) is 0 Å². The molecule has 42 heavy (non-hydrogen) atoms. The highest BCUT2D eigenvalue weighted by Gasteiger charge is 2.37. The van der Waals surface area contributed by atoms with Gasteiger partial charge in [0, 0.05) is 35.7 Å². The number of benzene rings is 2. The lowest BCUT2D eigenvalue weighted by Crippen LogP contribution is -2.39. The zero-order valence-corrected chi connectivity index (χ0v) is 24.6. The molecule has 2 atom stereocenters. The fourth-order valence-electron chi connectivity index (χ4n) is 5.92. The highest BCUT2D eigenvalue weighted by atomic mass is 35.5. The molecule has 1 fully saturated rings. The summed E-state index contributed by atoms with van der Waals surface area (Å²) < 4.78 is 24.7. The second-order valence-corrected chi connectivity index (χ2v) is 10.9. The number of fused-ring (bicyclic) bond motifs is 3. The number of para-hydroxylation sites is 1. The van der Waals surface area contributed by atoms with Crippen LogP contribution in [0.5, 0.6) is 11.5 Å². The van der Waals surface area contributed by atoms with E-state index >= 15 is 0 Å². The Hall–Kier alpha value is -4.02. The quantitative estimate of drug-likeness (QED) is 0.378. The average Bonchev–Trinajstić information content (AvgIpc) is 3.39. The van der Waals surface area contributed by atoms with Gasteiger partial charge >= 0.3 is 5.97 Å². The molecule has 3 heterocycles. The molecule has 11 heteroatoms. The van der Waals surface area contributed by atoms with Gasteiger partial charge in [-0.1, -0.05) is 23.7 Å². The van der Waals surface area contributed by atoms with Crippen molar-refractivity contribution in [3.8, 4) is 17.2 Å². The Morgan fingerprint density at radius 3 is 2.40 bits per heavy atom. The number of esters is 1. The van der Waals surface area contributed by atoms with Crippen LogP contribution in [0.1, 0.15) is 65.2 Å². The van der Waals surface area contributed by atoms with Crippen LogP contribution in [0, 0.1) is 5.92 Å². The first kappa shape index (κ1) is 29.5. The third-order valence-corrected chi connectivity index (χ3v) is 8.27. The monoisotopic (exact) mass is 595 g/mol. The third kappa shape index (κ3) is 5.69. The number of piperidine rings is 1. The summed E-state index contributed by atoms with van der Waals surface area (Å²) in [7, 11) is 4.49. The van der Waals surface area contributed by atoms with Crippen molar-refractivity contribution >= 4 is 29.4 Å². The molecule has 5 rings (SSSR count). The van der Waals surface area contributed by atoms with E-state index in [1.165, 1.54) is 7.11 Å². The van der Waals surface area contributed by atoms with Crippen LogP contribution in [0.3, 0.4) is 0 Å². The zero-order valence-electron chi connectivity index (χ0n) is 23.8. The number of likely N-dealkylation sites (tertiary alicyclic amines) is 1. The zero-order chi connectivity index (χ0) is 30.0. The Labute approximate surface area is 249 Å². The lowest BCUT2D eigenvalue weighted by molar-refractivity contribution is -0.142. The summed E-state index contributed by atoms with van der Waals surface area (Å²) in [5.41, 5.74) is 8.68. The summed E-state index contributed by atoms with van der Waals surface area (Å²) in [6.45, 7) is 1.06. The fraction of sp³-hybridized carbons (Fsp3) is 0.387. The highest BCUT2D eigenvalue weighted by Crippen LogP contribution is 2.47. The molecule has 0 bridgehead atoms. The maximum Gasteiger partial charge on any atom is 0.305 e. The Balaban J connectivity index is 1.54. The van der Waals surface area contributed by atoms with Gasteiger partial charge in [0.1, 0.15) is 17.9 Å². The summed E-state index contributed by atoms with van der Waals surface area (Å²) in [6.07, 6.45) is 0.315. The molecule has 2 amide bonds.